The first kappa shape index (κ1) is 14.2. The summed E-state index contributed by atoms with van der Waals surface area (Å²) in [5.41, 5.74) is 7.89. The van der Waals surface area contributed by atoms with E-state index in [1.807, 2.05) is 13.0 Å². The molecular formula is C15H14F3NO. The second kappa shape index (κ2) is 5.07. The zero-order valence-electron chi connectivity index (χ0n) is 11.1. The van der Waals surface area contributed by atoms with E-state index in [0.717, 1.165) is 23.3 Å². The molecule has 20 heavy (non-hydrogen) atoms. The molecule has 0 bridgehead atoms. The number of hydrogen-bond acceptors (Lipinski definition) is 2. The predicted octanol–water partition coefficient (Wildman–Crippen LogP) is 4.27. The quantitative estimate of drug-likeness (QED) is 0.834. The van der Waals surface area contributed by atoms with E-state index in [2.05, 4.69) is 0 Å². The van der Waals surface area contributed by atoms with Crippen molar-refractivity contribution >= 4 is 5.69 Å². The third kappa shape index (κ3) is 2.71. The number of nitrogen functional groups attached to an aromatic ring is 1. The Hall–Kier alpha value is -2.17. The molecule has 2 aromatic rings. The van der Waals surface area contributed by atoms with Gasteiger partial charge in [-0.3, -0.25) is 0 Å². The maximum atomic E-state index is 12.7. The minimum absolute atomic E-state index is 0.170. The van der Waals surface area contributed by atoms with Gasteiger partial charge in [0.05, 0.1) is 12.7 Å². The van der Waals surface area contributed by atoms with Gasteiger partial charge >= 0.3 is 6.18 Å². The van der Waals surface area contributed by atoms with Gasteiger partial charge in [0.1, 0.15) is 5.75 Å². The number of benzene rings is 2. The van der Waals surface area contributed by atoms with Gasteiger partial charge in [0, 0.05) is 11.3 Å². The van der Waals surface area contributed by atoms with Crippen LogP contribution in [0.15, 0.2) is 36.4 Å². The second-order valence-electron chi connectivity index (χ2n) is 4.48. The van der Waals surface area contributed by atoms with Crippen molar-refractivity contribution in [1.29, 1.82) is 0 Å². The van der Waals surface area contributed by atoms with Crippen molar-refractivity contribution in [2.45, 2.75) is 13.1 Å². The van der Waals surface area contributed by atoms with Gasteiger partial charge in [-0.25, -0.2) is 0 Å². The van der Waals surface area contributed by atoms with Gasteiger partial charge in [-0.15, -0.1) is 0 Å². The van der Waals surface area contributed by atoms with Crippen LogP contribution in [0.5, 0.6) is 5.75 Å². The molecule has 0 saturated carbocycles. The molecule has 0 amide bonds. The predicted molar refractivity (Wildman–Crippen MR) is 72.6 cm³/mol. The molecule has 106 valence electrons. The summed E-state index contributed by atoms with van der Waals surface area (Å²) < 4.78 is 43.1. The summed E-state index contributed by atoms with van der Waals surface area (Å²) in [5, 5.41) is 0. The van der Waals surface area contributed by atoms with Gasteiger partial charge in [0.25, 0.3) is 0 Å². The largest absolute Gasteiger partial charge is 0.496 e. The van der Waals surface area contributed by atoms with Crippen molar-refractivity contribution in [3.8, 4) is 16.9 Å². The van der Waals surface area contributed by atoms with Crippen LogP contribution in [0, 0.1) is 6.92 Å². The molecule has 0 atom stereocenters. The lowest BCUT2D eigenvalue weighted by atomic mass is 10.0. The maximum absolute atomic E-state index is 12.7. The minimum Gasteiger partial charge on any atom is -0.496 e. The molecule has 0 unspecified atom stereocenters. The van der Waals surface area contributed by atoms with E-state index in [4.69, 9.17) is 10.5 Å². The Morgan fingerprint density at radius 3 is 2.30 bits per heavy atom. The van der Waals surface area contributed by atoms with Crippen LogP contribution in [0.25, 0.3) is 11.1 Å². The zero-order chi connectivity index (χ0) is 14.9. The van der Waals surface area contributed by atoms with Crippen molar-refractivity contribution < 1.29 is 17.9 Å². The first-order valence-electron chi connectivity index (χ1n) is 5.94. The van der Waals surface area contributed by atoms with Gasteiger partial charge in [-0.05, 0) is 36.2 Å². The van der Waals surface area contributed by atoms with Crippen LogP contribution in [0.1, 0.15) is 11.1 Å². The molecule has 5 heteroatoms. The molecule has 0 spiro atoms. The second-order valence-corrected chi connectivity index (χ2v) is 4.48. The average molecular weight is 281 g/mol. The van der Waals surface area contributed by atoms with Crippen LogP contribution in [0.3, 0.4) is 0 Å². The Morgan fingerprint density at radius 2 is 1.75 bits per heavy atom. The number of alkyl halides is 3. The van der Waals surface area contributed by atoms with E-state index in [0.29, 0.717) is 11.3 Å². The molecule has 0 radical (unpaired) electrons. The number of nitrogens with two attached hydrogens (primary N) is 1. The fourth-order valence-corrected chi connectivity index (χ4v) is 1.91. The number of methoxy groups -OCH3 is 1. The lowest BCUT2D eigenvalue weighted by Gasteiger charge is -2.13. The first-order valence-corrected chi connectivity index (χ1v) is 5.94. The van der Waals surface area contributed by atoms with Crippen LogP contribution in [-0.4, -0.2) is 7.11 Å². The SMILES string of the molecule is COc1cc(C(F)(F)F)ccc1-c1ccc(C)c(N)c1. The van der Waals surface area contributed by atoms with Crippen LogP contribution in [0.2, 0.25) is 0 Å². The third-order valence-corrected chi connectivity index (χ3v) is 3.12. The topological polar surface area (TPSA) is 35.2 Å². The Labute approximate surface area is 115 Å². The highest BCUT2D eigenvalue weighted by Gasteiger charge is 2.31. The number of hydrogen-bond donors (Lipinski definition) is 1. The minimum atomic E-state index is -4.39. The Balaban J connectivity index is 2.54. The Kier molecular flexibility index (Phi) is 3.61. The van der Waals surface area contributed by atoms with E-state index < -0.39 is 11.7 Å². The molecule has 0 heterocycles. The van der Waals surface area contributed by atoms with E-state index in [1.165, 1.54) is 13.2 Å². The summed E-state index contributed by atoms with van der Waals surface area (Å²) in [7, 11) is 1.34. The molecule has 0 saturated heterocycles. The molecule has 0 fully saturated rings. The van der Waals surface area contributed by atoms with E-state index >= 15 is 0 Å². The number of ether oxygens (including phenoxy) is 1. The summed E-state index contributed by atoms with van der Waals surface area (Å²) >= 11 is 0. The van der Waals surface area contributed by atoms with E-state index in [9.17, 15) is 13.2 Å². The van der Waals surface area contributed by atoms with Gasteiger partial charge in [0.2, 0.25) is 0 Å². The monoisotopic (exact) mass is 281 g/mol. The molecule has 2 N–H and O–H groups in total. The van der Waals surface area contributed by atoms with Gasteiger partial charge in [-0.2, -0.15) is 13.2 Å². The number of anilines is 1. The van der Waals surface area contributed by atoms with Gasteiger partial charge < -0.3 is 10.5 Å². The molecule has 0 aliphatic rings. The van der Waals surface area contributed by atoms with Crippen LogP contribution >= 0.6 is 0 Å². The molecule has 2 nitrogen and oxygen atoms in total. The smallest absolute Gasteiger partial charge is 0.416 e. The fraction of sp³-hybridized carbons (Fsp3) is 0.200. The number of rotatable bonds is 2. The molecular weight excluding hydrogens is 267 g/mol. The molecule has 0 aromatic heterocycles. The summed E-state index contributed by atoms with van der Waals surface area (Å²) in [5.74, 6) is 0.170. The van der Waals surface area contributed by atoms with Crippen LogP contribution in [0.4, 0.5) is 18.9 Å². The Morgan fingerprint density at radius 1 is 1.05 bits per heavy atom. The van der Waals surface area contributed by atoms with Crippen molar-refractivity contribution in [3.05, 3.63) is 47.5 Å². The van der Waals surface area contributed by atoms with E-state index in [-0.39, 0.29) is 5.75 Å². The summed E-state index contributed by atoms with van der Waals surface area (Å²) in [6.45, 7) is 1.86. The van der Waals surface area contributed by atoms with Gasteiger partial charge in [-0.1, -0.05) is 18.2 Å². The summed E-state index contributed by atoms with van der Waals surface area (Å²) in [4.78, 5) is 0. The van der Waals surface area contributed by atoms with Gasteiger partial charge in [0.15, 0.2) is 0 Å². The number of aryl methyl sites for hydroxylation is 1. The van der Waals surface area contributed by atoms with Crippen LogP contribution in [-0.2, 0) is 6.18 Å². The van der Waals surface area contributed by atoms with Crippen molar-refractivity contribution in [2.24, 2.45) is 0 Å². The van der Waals surface area contributed by atoms with Crippen molar-refractivity contribution in [3.63, 3.8) is 0 Å². The molecule has 2 rings (SSSR count). The maximum Gasteiger partial charge on any atom is 0.416 e. The average Bonchev–Trinajstić information content (AvgIpc) is 2.40. The van der Waals surface area contributed by atoms with E-state index in [1.54, 1.807) is 12.1 Å². The fourth-order valence-electron chi connectivity index (χ4n) is 1.91. The lowest BCUT2D eigenvalue weighted by Crippen LogP contribution is -2.05. The summed E-state index contributed by atoms with van der Waals surface area (Å²) in [6.07, 6.45) is -4.39. The standard InChI is InChI=1S/C15H14F3NO/c1-9-3-4-10(7-13(9)19)12-6-5-11(15(16,17)18)8-14(12)20-2/h3-8H,19H2,1-2H3. The zero-order valence-corrected chi connectivity index (χ0v) is 11.1. The highest BCUT2D eigenvalue weighted by atomic mass is 19.4. The Bertz CT molecular complexity index is 636. The highest BCUT2D eigenvalue weighted by Crippen LogP contribution is 2.37. The number of halogens is 3. The van der Waals surface area contributed by atoms with Crippen molar-refractivity contribution in [2.75, 3.05) is 12.8 Å². The highest BCUT2D eigenvalue weighted by molar-refractivity contribution is 5.74. The molecule has 0 aliphatic heterocycles. The third-order valence-electron chi connectivity index (χ3n) is 3.12. The lowest BCUT2D eigenvalue weighted by molar-refractivity contribution is -0.137. The first-order chi connectivity index (χ1) is 9.32. The molecule has 0 aliphatic carbocycles. The molecule has 2 aromatic carbocycles. The van der Waals surface area contributed by atoms with Crippen LogP contribution < -0.4 is 10.5 Å². The normalized spacial score (nSPS) is 11.4. The van der Waals surface area contributed by atoms with Crippen molar-refractivity contribution in [1.82, 2.24) is 0 Å². The summed E-state index contributed by atoms with van der Waals surface area (Å²) in [6, 6.07) is 8.77.